The smallest absolute Gasteiger partial charge is 0.329 e. The molecule has 0 amide bonds. The van der Waals surface area contributed by atoms with E-state index in [9.17, 15) is 4.79 Å². The first-order chi connectivity index (χ1) is 5.79. The lowest BCUT2D eigenvalue weighted by atomic mass is 10.2. The quantitative estimate of drug-likeness (QED) is 0.687. The minimum absolute atomic E-state index is 0.241. The highest BCUT2D eigenvalue weighted by atomic mass is 16.6. The normalized spacial score (nSPS) is 9.67. The molecule has 0 radical (unpaired) electrons. The zero-order valence-electron chi connectivity index (χ0n) is 6.56. The fourth-order valence-corrected chi connectivity index (χ4v) is 0.830. The summed E-state index contributed by atoms with van der Waals surface area (Å²) in [5.41, 5.74) is 0.985. The van der Waals surface area contributed by atoms with Crippen molar-refractivity contribution >= 4 is 5.97 Å². The summed E-state index contributed by atoms with van der Waals surface area (Å²) >= 11 is 0. The monoisotopic (exact) mass is 167 g/mol. The van der Waals surface area contributed by atoms with Crippen LogP contribution in [0.25, 0.3) is 0 Å². The van der Waals surface area contributed by atoms with Gasteiger partial charge in [0.1, 0.15) is 6.61 Å². The average Bonchev–Trinajstić information content (AvgIpc) is 2.05. The summed E-state index contributed by atoms with van der Waals surface area (Å²) in [7, 11) is 0. The van der Waals surface area contributed by atoms with Gasteiger partial charge >= 0.3 is 5.97 Å². The first kappa shape index (κ1) is 8.74. The van der Waals surface area contributed by atoms with Crippen LogP contribution in [0.4, 0.5) is 0 Å². The van der Waals surface area contributed by atoms with Crippen molar-refractivity contribution in [3.8, 4) is 0 Å². The summed E-state index contributed by atoms with van der Waals surface area (Å²) < 4.78 is 4.88. The van der Waals surface area contributed by atoms with E-state index in [0.29, 0.717) is 6.61 Å². The van der Waals surface area contributed by atoms with E-state index in [1.54, 1.807) is 0 Å². The van der Waals surface area contributed by atoms with Gasteiger partial charge in [0.2, 0.25) is 0 Å². The molecule has 0 aliphatic rings. The largest absolute Gasteiger partial charge is 0.480 e. The molecule has 0 aliphatic carbocycles. The fraction of sp³-hybridized carbons (Fsp3) is 0.222. The second-order valence-electron chi connectivity index (χ2n) is 2.37. The molecule has 0 bridgehead atoms. The van der Waals surface area contributed by atoms with Crippen LogP contribution in [0, 0.1) is 0 Å². The molecule has 0 aromatic heterocycles. The zero-order valence-corrected chi connectivity index (χ0v) is 6.56. The highest BCUT2D eigenvalue weighted by molar-refractivity contribution is 5.67. The summed E-state index contributed by atoms with van der Waals surface area (Å²) in [6.07, 6.45) is 0. The molecule has 12 heavy (non-hydrogen) atoms. The standard InChI is InChI=1S/C9H10O3/c10-9(11)7-12-6-8-4-2-1-3-5-8/h1-5H,6-7H2,(H,10,11)/i7+1. The Balaban J connectivity index is 2.29. The molecular weight excluding hydrogens is 157 g/mol. The molecule has 0 saturated heterocycles. The van der Waals surface area contributed by atoms with Crippen LogP contribution in [0.2, 0.25) is 0 Å². The molecule has 0 saturated carbocycles. The Labute approximate surface area is 70.6 Å². The molecule has 1 rings (SSSR count). The maximum Gasteiger partial charge on any atom is 0.329 e. The van der Waals surface area contributed by atoms with E-state index in [4.69, 9.17) is 9.84 Å². The lowest BCUT2D eigenvalue weighted by Crippen LogP contribution is -2.06. The van der Waals surface area contributed by atoms with Crippen LogP contribution in [-0.4, -0.2) is 17.7 Å². The van der Waals surface area contributed by atoms with Gasteiger partial charge in [-0.05, 0) is 5.56 Å². The second kappa shape index (κ2) is 4.51. The van der Waals surface area contributed by atoms with Crippen molar-refractivity contribution in [2.75, 3.05) is 6.61 Å². The molecule has 0 heterocycles. The summed E-state index contributed by atoms with van der Waals surface area (Å²) in [6.45, 7) is 0.113. The summed E-state index contributed by atoms with van der Waals surface area (Å²) in [5.74, 6) is -0.939. The van der Waals surface area contributed by atoms with Crippen LogP contribution in [-0.2, 0) is 16.1 Å². The minimum atomic E-state index is -0.939. The highest BCUT2D eigenvalue weighted by Gasteiger charge is 1.96. The van der Waals surface area contributed by atoms with Crippen LogP contribution in [0.3, 0.4) is 0 Å². The Kier molecular flexibility index (Phi) is 3.29. The van der Waals surface area contributed by atoms with Crippen molar-refractivity contribution in [2.24, 2.45) is 0 Å². The van der Waals surface area contributed by atoms with Gasteiger partial charge in [0.25, 0.3) is 0 Å². The van der Waals surface area contributed by atoms with E-state index in [2.05, 4.69) is 0 Å². The lowest BCUT2D eigenvalue weighted by Gasteiger charge is -1.99. The number of rotatable bonds is 4. The second-order valence-corrected chi connectivity index (χ2v) is 2.37. The number of ether oxygens (including phenoxy) is 1. The van der Waals surface area contributed by atoms with Crippen LogP contribution < -0.4 is 0 Å². The van der Waals surface area contributed by atoms with Crippen LogP contribution in [0.15, 0.2) is 30.3 Å². The third kappa shape index (κ3) is 3.16. The van der Waals surface area contributed by atoms with Gasteiger partial charge in [-0.25, -0.2) is 4.79 Å². The average molecular weight is 167 g/mol. The third-order valence-electron chi connectivity index (χ3n) is 1.34. The number of carboxylic acids is 1. The van der Waals surface area contributed by atoms with Crippen molar-refractivity contribution in [1.29, 1.82) is 0 Å². The van der Waals surface area contributed by atoms with Crippen molar-refractivity contribution in [1.82, 2.24) is 0 Å². The van der Waals surface area contributed by atoms with Gasteiger partial charge in [0, 0.05) is 0 Å². The minimum Gasteiger partial charge on any atom is -0.480 e. The lowest BCUT2D eigenvalue weighted by molar-refractivity contribution is -0.142. The Bertz CT molecular complexity index is 243. The van der Waals surface area contributed by atoms with Gasteiger partial charge in [-0.2, -0.15) is 0 Å². The van der Waals surface area contributed by atoms with Crippen molar-refractivity contribution in [3.63, 3.8) is 0 Å². The van der Waals surface area contributed by atoms with Crippen molar-refractivity contribution < 1.29 is 14.6 Å². The number of carbonyl (C=O) groups is 1. The van der Waals surface area contributed by atoms with Gasteiger partial charge in [-0.15, -0.1) is 0 Å². The number of carboxylic acid groups (broad SMARTS) is 1. The maximum atomic E-state index is 10.1. The van der Waals surface area contributed by atoms with Gasteiger partial charge < -0.3 is 9.84 Å². The van der Waals surface area contributed by atoms with E-state index in [1.165, 1.54) is 0 Å². The molecular formula is C9H10O3. The van der Waals surface area contributed by atoms with Crippen molar-refractivity contribution in [3.05, 3.63) is 35.9 Å². The first-order valence-electron chi connectivity index (χ1n) is 3.62. The van der Waals surface area contributed by atoms with E-state index < -0.39 is 5.97 Å². The first-order valence-corrected chi connectivity index (χ1v) is 3.62. The fourth-order valence-electron chi connectivity index (χ4n) is 0.830. The zero-order chi connectivity index (χ0) is 8.81. The van der Waals surface area contributed by atoms with Crippen LogP contribution in [0.1, 0.15) is 5.56 Å². The van der Waals surface area contributed by atoms with Gasteiger partial charge in [-0.1, -0.05) is 30.3 Å². The third-order valence-corrected chi connectivity index (χ3v) is 1.34. The molecule has 1 N–H and O–H groups in total. The van der Waals surface area contributed by atoms with Gasteiger partial charge in [-0.3, -0.25) is 0 Å². The van der Waals surface area contributed by atoms with E-state index in [-0.39, 0.29) is 6.61 Å². The number of aliphatic carboxylic acids is 1. The van der Waals surface area contributed by atoms with E-state index in [0.717, 1.165) is 5.56 Å². The molecule has 3 nitrogen and oxygen atoms in total. The topological polar surface area (TPSA) is 46.5 Å². The Hall–Kier alpha value is -1.35. The van der Waals surface area contributed by atoms with Crippen LogP contribution >= 0.6 is 0 Å². The van der Waals surface area contributed by atoms with Crippen LogP contribution in [0.5, 0.6) is 0 Å². The molecule has 1 aromatic rings. The predicted octanol–water partition coefficient (Wildman–Crippen LogP) is 1.29. The molecule has 0 aliphatic heterocycles. The van der Waals surface area contributed by atoms with Crippen molar-refractivity contribution in [2.45, 2.75) is 6.61 Å². The Morgan fingerprint density at radius 1 is 1.33 bits per heavy atom. The van der Waals surface area contributed by atoms with Gasteiger partial charge in [0.15, 0.2) is 0 Å². The molecule has 0 spiro atoms. The summed E-state index contributed by atoms with van der Waals surface area (Å²) in [4.78, 5) is 10.1. The molecule has 3 heteroatoms. The summed E-state index contributed by atoms with van der Waals surface area (Å²) in [6, 6.07) is 9.46. The predicted molar refractivity (Wildman–Crippen MR) is 43.7 cm³/mol. The van der Waals surface area contributed by atoms with E-state index >= 15 is 0 Å². The van der Waals surface area contributed by atoms with E-state index in [1.807, 2.05) is 30.3 Å². The maximum absolute atomic E-state index is 10.1. The Morgan fingerprint density at radius 2 is 2.00 bits per heavy atom. The summed E-state index contributed by atoms with van der Waals surface area (Å²) in [5, 5.41) is 8.27. The molecule has 0 unspecified atom stereocenters. The highest BCUT2D eigenvalue weighted by Crippen LogP contribution is 1.99. The molecule has 0 atom stereocenters. The molecule has 64 valence electrons. The number of benzene rings is 1. The Morgan fingerprint density at radius 3 is 2.58 bits per heavy atom. The molecule has 0 fully saturated rings. The SMILES string of the molecule is O=C(O)[13CH2]OCc1ccccc1. The van der Waals surface area contributed by atoms with Gasteiger partial charge in [0.05, 0.1) is 6.61 Å². The molecule has 1 aromatic carbocycles. The number of hydrogen-bond donors (Lipinski definition) is 1. The number of hydrogen-bond acceptors (Lipinski definition) is 2.